The van der Waals surface area contributed by atoms with Crippen LogP contribution in [0.15, 0.2) is 58.5 Å². The van der Waals surface area contributed by atoms with Crippen molar-refractivity contribution in [3.63, 3.8) is 0 Å². The van der Waals surface area contributed by atoms with Crippen molar-refractivity contribution >= 4 is 28.4 Å². The molecule has 1 aromatic heterocycles. The highest BCUT2D eigenvalue weighted by Gasteiger charge is 2.06. The van der Waals surface area contributed by atoms with Crippen molar-refractivity contribution in [2.75, 3.05) is 12.8 Å². The molecule has 0 amide bonds. The molecule has 0 radical (unpaired) electrons. The molecule has 3 rings (SSSR count). The van der Waals surface area contributed by atoms with E-state index in [-0.39, 0.29) is 0 Å². The van der Waals surface area contributed by atoms with Crippen LogP contribution in [0.3, 0.4) is 0 Å². The van der Waals surface area contributed by atoms with Gasteiger partial charge in [-0.1, -0.05) is 30.0 Å². The maximum absolute atomic E-state index is 6.00. The van der Waals surface area contributed by atoms with Gasteiger partial charge in [0, 0.05) is 21.5 Å². The minimum atomic E-state index is 0.754. The van der Waals surface area contributed by atoms with E-state index in [2.05, 4.69) is 23.2 Å². The molecule has 3 N–H and O–H groups in total. The van der Waals surface area contributed by atoms with Gasteiger partial charge in [0.25, 0.3) is 0 Å². The number of hydrogen-bond acceptors (Lipinski definition) is 3. The number of fused-ring (bicyclic) bond motifs is 1. The Kier molecular flexibility index (Phi) is 3.09. The molecule has 3 aromatic rings. The number of nitrogen functional groups attached to an aromatic ring is 1. The van der Waals surface area contributed by atoms with Crippen molar-refractivity contribution in [1.82, 2.24) is 4.98 Å². The maximum Gasteiger partial charge on any atom is 0.120 e. The molecule has 0 saturated heterocycles. The van der Waals surface area contributed by atoms with Crippen molar-refractivity contribution in [2.45, 2.75) is 9.92 Å². The van der Waals surface area contributed by atoms with Crippen LogP contribution in [0.4, 0.5) is 5.69 Å². The van der Waals surface area contributed by atoms with E-state index in [0.29, 0.717) is 0 Å². The van der Waals surface area contributed by atoms with E-state index >= 15 is 0 Å². The van der Waals surface area contributed by atoms with Crippen molar-refractivity contribution in [3.8, 4) is 5.75 Å². The van der Waals surface area contributed by atoms with E-state index in [1.165, 1.54) is 5.39 Å². The number of hydrogen-bond donors (Lipinski definition) is 2. The van der Waals surface area contributed by atoms with E-state index in [9.17, 15) is 0 Å². The molecule has 0 atom stereocenters. The largest absolute Gasteiger partial charge is 0.497 e. The molecule has 2 aromatic carbocycles. The van der Waals surface area contributed by atoms with Gasteiger partial charge in [-0.25, -0.2) is 0 Å². The second kappa shape index (κ2) is 4.90. The molecule has 0 spiro atoms. The molecule has 1 heterocycles. The summed E-state index contributed by atoms with van der Waals surface area (Å²) < 4.78 is 5.23. The number of anilines is 1. The summed E-state index contributed by atoms with van der Waals surface area (Å²) >= 11 is 1.61. The zero-order valence-electron chi connectivity index (χ0n) is 10.5. The molecule has 19 heavy (non-hydrogen) atoms. The topological polar surface area (TPSA) is 51.0 Å². The summed E-state index contributed by atoms with van der Waals surface area (Å²) in [6, 6.07) is 16.0. The van der Waals surface area contributed by atoms with Gasteiger partial charge in [0.15, 0.2) is 0 Å². The van der Waals surface area contributed by atoms with Gasteiger partial charge in [-0.15, -0.1) is 0 Å². The number of nitrogens with two attached hydrogens (primary N) is 1. The number of methoxy groups -OCH3 is 1. The standard InChI is InChI=1S/C15H14N2OS/c1-18-11-6-7-12(16)14(9-11)19-15-8-10-4-2-3-5-13(10)17-15/h2-9,17H,16H2,1H3. The summed E-state index contributed by atoms with van der Waals surface area (Å²) in [6.45, 7) is 0. The summed E-state index contributed by atoms with van der Waals surface area (Å²) in [4.78, 5) is 4.37. The van der Waals surface area contributed by atoms with E-state index in [4.69, 9.17) is 10.5 Å². The minimum absolute atomic E-state index is 0.754. The Balaban J connectivity index is 1.96. The molecule has 4 heteroatoms. The summed E-state index contributed by atoms with van der Waals surface area (Å²) in [5, 5.41) is 2.27. The molecule has 0 fully saturated rings. The smallest absolute Gasteiger partial charge is 0.120 e. The Morgan fingerprint density at radius 3 is 2.74 bits per heavy atom. The van der Waals surface area contributed by atoms with Crippen LogP contribution in [0, 0.1) is 0 Å². The zero-order valence-corrected chi connectivity index (χ0v) is 11.3. The van der Waals surface area contributed by atoms with Gasteiger partial charge in [-0.2, -0.15) is 0 Å². The van der Waals surface area contributed by atoms with Gasteiger partial charge in [-0.3, -0.25) is 0 Å². The van der Waals surface area contributed by atoms with E-state index in [1.54, 1.807) is 18.9 Å². The number of nitrogens with one attached hydrogen (secondary N) is 1. The van der Waals surface area contributed by atoms with E-state index in [0.717, 1.165) is 26.9 Å². The average molecular weight is 270 g/mol. The molecular weight excluding hydrogens is 256 g/mol. The Morgan fingerprint density at radius 1 is 1.11 bits per heavy atom. The molecular formula is C15H14N2OS. The number of benzene rings is 2. The third-order valence-corrected chi connectivity index (χ3v) is 3.96. The minimum Gasteiger partial charge on any atom is -0.497 e. The lowest BCUT2D eigenvalue weighted by Gasteiger charge is -2.06. The third kappa shape index (κ3) is 2.39. The zero-order chi connectivity index (χ0) is 13.2. The van der Waals surface area contributed by atoms with Crippen LogP contribution in [0.5, 0.6) is 5.75 Å². The van der Waals surface area contributed by atoms with Crippen molar-refractivity contribution < 1.29 is 4.74 Å². The Labute approximate surface area is 115 Å². The quantitative estimate of drug-likeness (QED) is 0.709. The van der Waals surface area contributed by atoms with Gasteiger partial charge in [0.2, 0.25) is 0 Å². The van der Waals surface area contributed by atoms with Crippen LogP contribution in [0.25, 0.3) is 10.9 Å². The van der Waals surface area contributed by atoms with E-state index < -0.39 is 0 Å². The van der Waals surface area contributed by atoms with Gasteiger partial charge >= 0.3 is 0 Å². The van der Waals surface area contributed by atoms with Gasteiger partial charge in [-0.05, 0) is 30.3 Å². The number of para-hydroxylation sites is 1. The van der Waals surface area contributed by atoms with Crippen molar-refractivity contribution in [3.05, 3.63) is 48.5 Å². The fourth-order valence-corrected chi connectivity index (χ4v) is 2.90. The first kappa shape index (κ1) is 12.0. The SMILES string of the molecule is COc1ccc(N)c(Sc2cc3ccccc3[nH]2)c1. The number of H-pyrrole nitrogens is 1. The van der Waals surface area contributed by atoms with Crippen LogP contribution in [-0.4, -0.2) is 12.1 Å². The molecule has 0 aliphatic heterocycles. The van der Waals surface area contributed by atoms with Gasteiger partial charge in [0.05, 0.1) is 12.1 Å². The summed E-state index contributed by atoms with van der Waals surface area (Å²) in [5.41, 5.74) is 7.88. The molecule has 96 valence electrons. The molecule has 0 saturated carbocycles. The van der Waals surface area contributed by atoms with Crippen LogP contribution in [-0.2, 0) is 0 Å². The summed E-state index contributed by atoms with van der Waals surface area (Å²) in [7, 11) is 1.66. The van der Waals surface area contributed by atoms with Gasteiger partial charge in [0.1, 0.15) is 5.75 Å². The fraction of sp³-hybridized carbons (Fsp3) is 0.0667. The monoisotopic (exact) mass is 270 g/mol. The molecule has 0 aliphatic carbocycles. The Bertz CT molecular complexity index is 688. The molecule has 0 unspecified atom stereocenters. The highest BCUT2D eigenvalue weighted by molar-refractivity contribution is 7.99. The summed E-state index contributed by atoms with van der Waals surface area (Å²) in [6.07, 6.45) is 0. The Morgan fingerprint density at radius 2 is 1.95 bits per heavy atom. The predicted octanol–water partition coefficient (Wildman–Crippen LogP) is 3.91. The molecule has 0 bridgehead atoms. The first-order chi connectivity index (χ1) is 9.26. The average Bonchev–Trinajstić information content (AvgIpc) is 2.83. The van der Waals surface area contributed by atoms with Gasteiger partial charge < -0.3 is 15.5 Å². The second-order valence-electron chi connectivity index (χ2n) is 4.23. The van der Waals surface area contributed by atoms with Crippen LogP contribution in [0.1, 0.15) is 0 Å². The molecule has 0 aliphatic rings. The van der Waals surface area contributed by atoms with Crippen LogP contribution in [0.2, 0.25) is 0 Å². The first-order valence-electron chi connectivity index (χ1n) is 5.95. The normalized spacial score (nSPS) is 10.8. The molecule has 3 nitrogen and oxygen atoms in total. The lowest BCUT2D eigenvalue weighted by Crippen LogP contribution is -1.90. The number of aromatic amines is 1. The number of rotatable bonds is 3. The Hall–Kier alpha value is -2.07. The highest BCUT2D eigenvalue weighted by Crippen LogP contribution is 2.35. The first-order valence-corrected chi connectivity index (χ1v) is 6.77. The van der Waals surface area contributed by atoms with Crippen molar-refractivity contribution in [1.29, 1.82) is 0 Å². The second-order valence-corrected chi connectivity index (χ2v) is 5.31. The third-order valence-electron chi connectivity index (χ3n) is 2.95. The predicted molar refractivity (Wildman–Crippen MR) is 79.8 cm³/mol. The number of aromatic nitrogens is 1. The summed E-state index contributed by atoms with van der Waals surface area (Å²) in [5.74, 6) is 0.813. The van der Waals surface area contributed by atoms with Crippen LogP contribution < -0.4 is 10.5 Å². The van der Waals surface area contributed by atoms with E-state index in [1.807, 2.05) is 30.3 Å². The lowest BCUT2D eigenvalue weighted by molar-refractivity contribution is 0.414. The highest BCUT2D eigenvalue weighted by atomic mass is 32.2. The lowest BCUT2D eigenvalue weighted by atomic mass is 10.3. The van der Waals surface area contributed by atoms with Crippen LogP contribution >= 0.6 is 11.8 Å². The van der Waals surface area contributed by atoms with Crippen molar-refractivity contribution in [2.24, 2.45) is 0 Å². The fourth-order valence-electron chi connectivity index (χ4n) is 1.95. The maximum atomic E-state index is 6.00. The number of ether oxygens (including phenoxy) is 1.